The average Bonchev–Trinajstić information content (AvgIpc) is 2.68. The average molecular weight is 352 g/mol. The van der Waals surface area contributed by atoms with Crippen molar-refractivity contribution in [2.24, 2.45) is 0 Å². The molecule has 1 aliphatic rings. The second-order valence-electron chi connectivity index (χ2n) is 7.37. The molecule has 140 valence electrons. The fourth-order valence-electron chi connectivity index (χ4n) is 3.78. The summed E-state index contributed by atoms with van der Waals surface area (Å²) < 4.78 is 6.07. The van der Waals surface area contributed by atoms with Crippen LogP contribution in [-0.2, 0) is 0 Å². The molecule has 1 heterocycles. The maximum atomic E-state index is 6.07. The van der Waals surface area contributed by atoms with Crippen LogP contribution in [0.5, 0.6) is 11.5 Å². The van der Waals surface area contributed by atoms with Crippen LogP contribution < -0.4 is 9.64 Å². The topological polar surface area (TPSA) is 12.5 Å². The highest BCUT2D eigenvalue weighted by molar-refractivity contribution is 5.77. The first-order chi connectivity index (χ1) is 12.9. The number of fused-ring (bicyclic) bond motifs is 2. The summed E-state index contributed by atoms with van der Waals surface area (Å²) >= 11 is 0. The molecule has 0 radical (unpaired) electrons. The Labute approximate surface area is 159 Å². The molecule has 2 aromatic carbocycles. The SMILES string of the molecule is CCCCCCCCCCCCN1c2ccccc2Oc2ccccc21. The summed E-state index contributed by atoms with van der Waals surface area (Å²) in [7, 11) is 0. The van der Waals surface area contributed by atoms with Crippen molar-refractivity contribution in [2.75, 3.05) is 11.4 Å². The van der Waals surface area contributed by atoms with E-state index in [2.05, 4.69) is 48.2 Å². The van der Waals surface area contributed by atoms with Crippen LogP contribution in [0.15, 0.2) is 48.5 Å². The first kappa shape index (κ1) is 18.8. The first-order valence-electron chi connectivity index (χ1n) is 10.5. The number of para-hydroxylation sites is 4. The van der Waals surface area contributed by atoms with Crippen LogP contribution in [0.3, 0.4) is 0 Å². The summed E-state index contributed by atoms with van der Waals surface area (Å²) in [4.78, 5) is 2.43. The second kappa shape index (κ2) is 10.3. The molecule has 0 aliphatic carbocycles. The lowest BCUT2D eigenvalue weighted by Gasteiger charge is -2.32. The quantitative estimate of drug-likeness (QED) is 0.382. The van der Waals surface area contributed by atoms with Crippen LogP contribution in [-0.4, -0.2) is 6.54 Å². The van der Waals surface area contributed by atoms with E-state index in [9.17, 15) is 0 Å². The van der Waals surface area contributed by atoms with E-state index >= 15 is 0 Å². The fourth-order valence-corrected chi connectivity index (χ4v) is 3.78. The zero-order valence-electron chi connectivity index (χ0n) is 16.3. The molecular formula is C24H33NO. The third-order valence-corrected chi connectivity index (χ3v) is 5.27. The Morgan fingerprint density at radius 3 is 1.62 bits per heavy atom. The molecule has 0 N–H and O–H groups in total. The molecule has 0 spiro atoms. The highest BCUT2D eigenvalue weighted by Crippen LogP contribution is 2.46. The van der Waals surface area contributed by atoms with Crippen molar-refractivity contribution >= 4 is 11.4 Å². The zero-order chi connectivity index (χ0) is 18.0. The third-order valence-electron chi connectivity index (χ3n) is 5.27. The van der Waals surface area contributed by atoms with E-state index in [0.29, 0.717) is 0 Å². The number of rotatable bonds is 11. The summed E-state index contributed by atoms with van der Waals surface area (Å²) in [5, 5.41) is 0. The van der Waals surface area contributed by atoms with Crippen molar-refractivity contribution in [3.63, 3.8) is 0 Å². The maximum absolute atomic E-state index is 6.07. The minimum Gasteiger partial charge on any atom is -0.453 e. The summed E-state index contributed by atoms with van der Waals surface area (Å²) in [5.41, 5.74) is 2.39. The van der Waals surface area contributed by atoms with E-state index < -0.39 is 0 Å². The lowest BCUT2D eigenvalue weighted by molar-refractivity contribution is 0.471. The Bertz CT molecular complexity index is 621. The van der Waals surface area contributed by atoms with Gasteiger partial charge in [0.05, 0.1) is 11.4 Å². The van der Waals surface area contributed by atoms with Gasteiger partial charge in [-0.3, -0.25) is 0 Å². The number of unbranched alkanes of at least 4 members (excludes halogenated alkanes) is 9. The van der Waals surface area contributed by atoms with Crippen molar-refractivity contribution in [3.8, 4) is 11.5 Å². The Kier molecular flexibility index (Phi) is 7.42. The van der Waals surface area contributed by atoms with E-state index in [1.807, 2.05) is 12.1 Å². The van der Waals surface area contributed by atoms with Gasteiger partial charge in [-0.1, -0.05) is 89.0 Å². The van der Waals surface area contributed by atoms with E-state index in [0.717, 1.165) is 18.0 Å². The van der Waals surface area contributed by atoms with Crippen LogP contribution in [0.25, 0.3) is 0 Å². The maximum Gasteiger partial charge on any atom is 0.151 e. The van der Waals surface area contributed by atoms with Gasteiger partial charge in [-0.25, -0.2) is 0 Å². The molecule has 1 aliphatic heterocycles. The number of ether oxygens (including phenoxy) is 1. The van der Waals surface area contributed by atoms with Crippen LogP contribution in [0, 0.1) is 0 Å². The number of benzene rings is 2. The summed E-state index contributed by atoms with van der Waals surface area (Å²) in [6.07, 6.45) is 13.7. The lowest BCUT2D eigenvalue weighted by Crippen LogP contribution is -2.22. The summed E-state index contributed by atoms with van der Waals surface area (Å²) in [6, 6.07) is 16.8. The van der Waals surface area contributed by atoms with Crippen molar-refractivity contribution in [3.05, 3.63) is 48.5 Å². The number of hydrogen-bond donors (Lipinski definition) is 0. The monoisotopic (exact) mass is 351 g/mol. The molecule has 0 bridgehead atoms. The second-order valence-corrected chi connectivity index (χ2v) is 7.37. The predicted octanol–water partition coefficient (Wildman–Crippen LogP) is 7.85. The lowest BCUT2D eigenvalue weighted by atomic mass is 10.1. The van der Waals surface area contributed by atoms with Gasteiger partial charge >= 0.3 is 0 Å². The molecular weight excluding hydrogens is 318 g/mol. The molecule has 0 unspecified atom stereocenters. The zero-order valence-corrected chi connectivity index (χ0v) is 16.3. The van der Waals surface area contributed by atoms with E-state index in [1.165, 1.54) is 75.6 Å². The molecule has 2 aromatic rings. The van der Waals surface area contributed by atoms with Gasteiger partial charge in [-0.2, -0.15) is 0 Å². The molecule has 0 aromatic heterocycles. The molecule has 0 amide bonds. The van der Waals surface area contributed by atoms with Gasteiger partial charge in [0.1, 0.15) is 0 Å². The van der Waals surface area contributed by atoms with Gasteiger partial charge in [-0.05, 0) is 30.7 Å². The van der Waals surface area contributed by atoms with E-state index in [-0.39, 0.29) is 0 Å². The fraction of sp³-hybridized carbons (Fsp3) is 0.500. The number of nitrogens with zero attached hydrogens (tertiary/aromatic N) is 1. The molecule has 0 fully saturated rings. The highest BCUT2D eigenvalue weighted by Gasteiger charge is 2.22. The molecule has 2 heteroatoms. The normalized spacial score (nSPS) is 12.4. The van der Waals surface area contributed by atoms with Crippen LogP contribution in [0.1, 0.15) is 71.1 Å². The Morgan fingerprint density at radius 2 is 1.08 bits per heavy atom. The largest absolute Gasteiger partial charge is 0.453 e. The van der Waals surface area contributed by atoms with Gasteiger partial charge in [-0.15, -0.1) is 0 Å². The summed E-state index contributed by atoms with van der Waals surface area (Å²) in [5.74, 6) is 1.94. The number of anilines is 2. The highest BCUT2D eigenvalue weighted by atomic mass is 16.5. The van der Waals surface area contributed by atoms with E-state index in [1.54, 1.807) is 0 Å². The minimum atomic E-state index is 0.971. The molecule has 2 nitrogen and oxygen atoms in total. The predicted molar refractivity (Wildman–Crippen MR) is 112 cm³/mol. The van der Waals surface area contributed by atoms with Gasteiger partial charge in [0.2, 0.25) is 0 Å². The van der Waals surface area contributed by atoms with Crippen molar-refractivity contribution in [1.29, 1.82) is 0 Å². The van der Waals surface area contributed by atoms with Crippen molar-refractivity contribution in [2.45, 2.75) is 71.1 Å². The molecule has 0 saturated carbocycles. The van der Waals surface area contributed by atoms with Crippen molar-refractivity contribution in [1.82, 2.24) is 0 Å². The molecule has 0 atom stereocenters. The first-order valence-corrected chi connectivity index (χ1v) is 10.5. The van der Waals surface area contributed by atoms with Crippen LogP contribution >= 0.6 is 0 Å². The Hall–Kier alpha value is -1.96. The number of hydrogen-bond acceptors (Lipinski definition) is 2. The third kappa shape index (κ3) is 5.03. The van der Waals surface area contributed by atoms with Gasteiger partial charge < -0.3 is 9.64 Å². The Morgan fingerprint density at radius 1 is 0.615 bits per heavy atom. The molecule has 26 heavy (non-hydrogen) atoms. The standard InChI is InChI=1S/C24H33NO/c1-2-3-4-5-6-7-8-9-10-15-20-25-21-16-11-13-18-23(21)26-24-19-14-12-17-22(24)25/h11-14,16-19H,2-10,15,20H2,1H3. The smallest absolute Gasteiger partial charge is 0.151 e. The van der Waals surface area contributed by atoms with Crippen LogP contribution in [0.2, 0.25) is 0 Å². The van der Waals surface area contributed by atoms with E-state index in [4.69, 9.17) is 4.74 Å². The van der Waals surface area contributed by atoms with Gasteiger partial charge in [0.15, 0.2) is 11.5 Å². The van der Waals surface area contributed by atoms with Crippen LogP contribution in [0.4, 0.5) is 11.4 Å². The molecule has 0 saturated heterocycles. The van der Waals surface area contributed by atoms with Crippen molar-refractivity contribution < 1.29 is 4.74 Å². The minimum absolute atomic E-state index is 0.971. The van der Waals surface area contributed by atoms with Gasteiger partial charge in [0.25, 0.3) is 0 Å². The molecule has 3 rings (SSSR count). The summed E-state index contributed by atoms with van der Waals surface area (Å²) in [6.45, 7) is 3.35. The van der Waals surface area contributed by atoms with Gasteiger partial charge in [0, 0.05) is 6.54 Å². The Balaban J connectivity index is 1.44.